The van der Waals surface area contributed by atoms with Gasteiger partial charge < -0.3 is 5.11 Å². The monoisotopic (exact) mass is 299 g/mol. The topological polar surface area (TPSA) is 40.5 Å². The first kappa shape index (κ1) is 14.7. The van der Waals surface area contributed by atoms with Crippen LogP contribution in [0, 0.1) is 5.82 Å². The molecule has 3 rings (SSSR count). The molecule has 4 heteroatoms. The molecule has 0 amide bonds. The number of likely N-dealkylation sites (tertiary alicyclic amines) is 1. The molecule has 2 aromatic carbocycles. The zero-order chi connectivity index (χ0) is 15.5. The molecule has 2 unspecified atom stereocenters. The molecule has 1 heterocycles. The quantitative estimate of drug-likeness (QED) is 0.940. The van der Waals surface area contributed by atoms with E-state index in [0.29, 0.717) is 6.42 Å². The molecule has 0 aromatic heterocycles. The highest BCUT2D eigenvalue weighted by Crippen LogP contribution is 2.34. The minimum atomic E-state index is -0.791. The number of aliphatic carboxylic acids is 1. The van der Waals surface area contributed by atoms with Crippen molar-refractivity contribution in [1.29, 1.82) is 0 Å². The van der Waals surface area contributed by atoms with Crippen molar-refractivity contribution in [2.45, 2.75) is 24.9 Å². The van der Waals surface area contributed by atoms with Crippen molar-refractivity contribution in [3.63, 3.8) is 0 Å². The lowest BCUT2D eigenvalue weighted by Gasteiger charge is -2.32. The van der Waals surface area contributed by atoms with Gasteiger partial charge >= 0.3 is 5.97 Å². The molecule has 0 aliphatic carbocycles. The Bertz CT molecular complexity index is 642. The fourth-order valence-electron chi connectivity index (χ4n) is 3.22. The van der Waals surface area contributed by atoms with Crippen LogP contribution in [0.25, 0.3) is 0 Å². The maximum absolute atomic E-state index is 13.2. The van der Waals surface area contributed by atoms with Crippen LogP contribution < -0.4 is 0 Å². The third-order valence-electron chi connectivity index (χ3n) is 4.21. The van der Waals surface area contributed by atoms with Gasteiger partial charge in [-0.1, -0.05) is 42.5 Å². The number of hydrogen-bond donors (Lipinski definition) is 1. The van der Waals surface area contributed by atoms with Gasteiger partial charge in [0.05, 0.1) is 6.04 Å². The number of benzene rings is 2. The summed E-state index contributed by atoms with van der Waals surface area (Å²) in [5.74, 6) is -1.08. The molecule has 1 N–H and O–H groups in total. The summed E-state index contributed by atoms with van der Waals surface area (Å²) < 4.78 is 13.2. The van der Waals surface area contributed by atoms with Crippen molar-refractivity contribution < 1.29 is 14.3 Å². The maximum atomic E-state index is 13.2. The minimum Gasteiger partial charge on any atom is -0.480 e. The molecule has 114 valence electrons. The molecular formula is C18H18FNO2. The van der Waals surface area contributed by atoms with E-state index in [1.54, 1.807) is 12.1 Å². The van der Waals surface area contributed by atoms with E-state index in [0.717, 1.165) is 24.1 Å². The van der Waals surface area contributed by atoms with Crippen molar-refractivity contribution in [2.75, 3.05) is 6.54 Å². The number of carboxylic acids is 1. The molecule has 0 saturated carbocycles. The van der Waals surface area contributed by atoms with Crippen molar-refractivity contribution in [2.24, 2.45) is 0 Å². The summed E-state index contributed by atoms with van der Waals surface area (Å²) in [5.41, 5.74) is 1.95. The van der Waals surface area contributed by atoms with Gasteiger partial charge in [0.2, 0.25) is 0 Å². The van der Waals surface area contributed by atoms with Crippen LogP contribution in [0.15, 0.2) is 54.6 Å². The third-order valence-corrected chi connectivity index (χ3v) is 4.21. The van der Waals surface area contributed by atoms with Gasteiger partial charge in [-0.25, -0.2) is 4.39 Å². The second kappa shape index (κ2) is 6.28. The summed E-state index contributed by atoms with van der Waals surface area (Å²) in [5, 5.41) is 9.47. The molecule has 22 heavy (non-hydrogen) atoms. The SMILES string of the molecule is O=C(O)C1CCCN1C(c1ccccc1)c1ccc(F)cc1. The van der Waals surface area contributed by atoms with Crippen LogP contribution in [-0.2, 0) is 4.79 Å². The Balaban J connectivity index is 2.03. The lowest BCUT2D eigenvalue weighted by Crippen LogP contribution is -2.39. The van der Waals surface area contributed by atoms with Gasteiger partial charge in [0.25, 0.3) is 0 Å². The summed E-state index contributed by atoms with van der Waals surface area (Å²) in [7, 11) is 0. The number of carboxylic acid groups (broad SMARTS) is 1. The predicted octanol–water partition coefficient (Wildman–Crippen LogP) is 3.46. The molecule has 1 fully saturated rings. The molecule has 0 spiro atoms. The Labute approximate surface area is 129 Å². The second-order valence-corrected chi connectivity index (χ2v) is 5.60. The molecule has 0 bridgehead atoms. The fraction of sp³-hybridized carbons (Fsp3) is 0.278. The van der Waals surface area contributed by atoms with E-state index in [-0.39, 0.29) is 11.9 Å². The Morgan fingerprint density at radius 1 is 1.09 bits per heavy atom. The van der Waals surface area contributed by atoms with Gasteiger partial charge in [-0.05, 0) is 36.1 Å². The molecule has 1 aliphatic rings. The summed E-state index contributed by atoms with van der Waals surface area (Å²) >= 11 is 0. The molecule has 3 nitrogen and oxygen atoms in total. The average molecular weight is 299 g/mol. The van der Waals surface area contributed by atoms with Gasteiger partial charge in [-0.2, -0.15) is 0 Å². The van der Waals surface area contributed by atoms with Crippen molar-refractivity contribution in [3.05, 3.63) is 71.5 Å². The molecule has 2 atom stereocenters. The van der Waals surface area contributed by atoms with Crippen molar-refractivity contribution in [3.8, 4) is 0 Å². The van der Waals surface area contributed by atoms with Crippen LogP contribution in [0.2, 0.25) is 0 Å². The van der Waals surface area contributed by atoms with Crippen molar-refractivity contribution >= 4 is 5.97 Å². The van der Waals surface area contributed by atoms with Gasteiger partial charge in [-0.3, -0.25) is 9.69 Å². The van der Waals surface area contributed by atoms with E-state index >= 15 is 0 Å². The number of rotatable bonds is 4. The normalized spacial score (nSPS) is 20.0. The number of hydrogen-bond acceptors (Lipinski definition) is 2. The first-order valence-corrected chi connectivity index (χ1v) is 7.46. The van der Waals surface area contributed by atoms with E-state index in [9.17, 15) is 14.3 Å². The maximum Gasteiger partial charge on any atom is 0.320 e. The van der Waals surface area contributed by atoms with Gasteiger partial charge in [-0.15, -0.1) is 0 Å². The number of halogens is 1. The second-order valence-electron chi connectivity index (χ2n) is 5.60. The summed E-state index contributed by atoms with van der Waals surface area (Å²) in [6.07, 6.45) is 1.52. The van der Waals surface area contributed by atoms with Crippen LogP contribution in [0.3, 0.4) is 0 Å². The Morgan fingerprint density at radius 3 is 2.36 bits per heavy atom. The molecular weight excluding hydrogens is 281 g/mol. The lowest BCUT2D eigenvalue weighted by atomic mass is 9.96. The average Bonchev–Trinajstić information content (AvgIpc) is 3.00. The molecule has 1 saturated heterocycles. The van der Waals surface area contributed by atoms with Gasteiger partial charge in [0.15, 0.2) is 0 Å². The van der Waals surface area contributed by atoms with Crippen LogP contribution >= 0.6 is 0 Å². The molecule has 0 radical (unpaired) electrons. The summed E-state index contributed by atoms with van der Waals surface area (Å²) in [4.78, 5) is 13.5. The van der Waals surface area contributed by atoms with E-state index in [1.807, 2.05) is 35.2 Å². The number of nitrogens with zero attached hydrogens (tertiary/aromatic N) is 1. The van der Waals surface area contributed by atoms with Crippen LogP contribution in [0.1, 0.15) is 30.0 Å². The minimum absolute atomic E-state index is 0.162. The van der Waals surface area contributed by atoms with Crippen LogP contribution in [0.5, 0.6) is 0 Å². The standard InChI is InChI=1S/C18H18FNO2/c19-15-10-8-14(9-11-15)17(13-5-2-1-3-6-13)20-12-4-7-16(20)18(21)22/h1-3,5-6,8-11,16-17H,4,7,12H2,(H,21,22). The summed E-state index contributed by atoms with van der Waals surface area (Å²) in [6.45, 7) is 0.730. The first-order valence-electron chi connectivity index (χ1n) is 7.46. The first-order chi connectivity index (χ1) is 10.7. The molecule has 1 aliphatic heterocycles. The van der Waals surface area contributed by atoms with Gasteiger partial charge in [0, 0.05) is 6.54 Å². The van der Waals surface area contributed by atoms with Crippen molar-refractivity contribution in [1.82, 2.24) is 4.90 Å². The fourth-order valence-corrected chi connectivity index (χ4v) is 3.22. The summed E-state index contributed by atoms with van der Waals surface area (Å²) in [6, 6.07) is 15.5. The predicted molar refractivity (Wildman–Crippen MR) is 82.0 cm³/mol. The Morgan fingerprint density at radius 2 is 1.73 bits per heavy atom. The third kappa shape index (κ3) is 2.88. The lowest BCUT2D eigenvalue weighted by molar-refractivity contribution is -0.142. The smallest absolute Gasteiger partial charge is 0.320 e. The highest BCUT2D eigenvalue weighted by atomic mass is 19.1. The highest BCUT2D eigenvalue weighted by molar-refractivity contribution is 5.74. The van der Waals surface area contributed by atoms with Crippen LogP contribution in [0.4, 0.5) is 4.39 Å². The Hall–Kier alpha value is -2.20. The van der Waals surface area contributed by atoms with E-state index in [4.69, 9.17) is 0 Å². The van der Waals surface area contributed by atoms with Gasteiger partial charge in [0.1, 0.15) is 11.9 Å². The zero-order valence-corrected chi connectivity index (χ0v) is 12.2. The number of carbonyl (C=O) groups is 1. The van der Waals surface area contributed by atoms with E-state index < -0.39 is 12.0 Å². The molecule has 2 aromatic rings. The highest BCUT2D eigenvalue weighted by Gasteiger charge is 2.36. The van der Waals surface area contributed by atoms with Crippen LogP contribution in [-0.4, -0.2) is 28.6 Å². The Kier molecular flexibility index (Phi) is 4.20. The van der Waals surface area contributed by atoms with E-state index in [2.05, 4.69) is 0 Å². The zero-order valence-electron chi connectivity index (χ0n) is 12.2. The van der Waals surface area contributed by atoms with E-state index in [1.165, 1.54) is 12.1 Å². The largest absolute Gasteiger partial charge is 0.480 e.